The molecular formula is C11H16N2O4. The molecule has 0 spiro atoms. The van der Waals surface area contributed by atoms with Crippen molar-refractivity contribution in [3.8, 4) is 0 Å². The molecule has 0 saturated carbocycles. The van der Waals surface area contributed by atoms with Crippen molar-refractivity contribution in [1.82, 2.24) is 5.43 Å². The molecule has 0 saturated heterocycles. The van der Waals surface area contributed by atoms with Gasteiger partial charge in [-0.25, -0.2) is 4.79 Å². The third-order valence-corrected chi connectivity index (χ3v) is 2.03. The first-order chi connectivity index (χ1) is 8.02. The zero-order valence-electron chi connectivity index (χ0n) is 9.55. The number of aliphatic carboxylic acids is 2. The number of carboxylic acid groups (broad SMARTS) is 2. The molecule has 6 nitrogen and oxygen atoms in total. The summed E-state index contributed by atoms with van der Waals surface area (Å²) in [5, 5.41) is 16.3. The number of nitrogens with one attached hydrogen (secondary N) is 1. The monoisotopic (exact) mass is 240 g/mol. The second kappa shape index (κ2) is 8.26. The summed E-state index contributed by atoms with van der Waals surface area (Å²) in [6, 6.07) is 10.8. The molecule has 0 heterocycles. The SMILES string of the molecule is CCC(N[NH3+])c1ccccc1.O=C([O-])C(=O)O. The maximum atomic E-state index is 9.04. The van der Waals surface area contributed by atoms with E-state index in [2.05, 4.69) is 42.5 Å². The van der Waals surface area contributed by atoms with Crippen LogP contribution in [0, 0.1) is 0 Å². The molecule has 6 heteroatoms. The lowest BCUT2D eigenvalue weighted by molar-refractivity contribution is -0.453. The minimum absolute atomic E-state index is 0.399. The van der Waals surface area contributed by atoms with Gasteiger partial charge in [0.2, 0.25) is 0 Å². The van der Waals surface area contributed by atoms with E-state index in [1.54, 1.807) is 0 Å². The van der Waals surface area contributed by atoms with Crippen molar-refractivity contribution in [2.45, 2.75) is 19.4 Å². The van der Waals surface area contributed by atoms with Gasteiger partial charge in [-0.3, -0.25) is 5.84 Å². The summed E-state index contributed by atoms with van der Waals surface area (Å²) in [6.45, 7) is 2.15. The summed E-state index contributed by atoms with van der Waals surface area (Å²) in [5.74, 6) is -0.326. The highest BCUT2D eigenvalue weighted by Crippen LogP contribution is 2.13. The molecule has 17 heavy (non-hydrogen) atoms. The Hall–Kier alpha value is -1.92. The van der Waals surface area contributed by atoms with Crippen LogP contribution in [0.15, 0.2) is 30.3 Å². The fourth-order valence-corrected chi connectivity index (χ4v) is 1.18. The van der Waals surface area contributed by atoms with Crippen molar-refractivity contribution in [1.29, 1.82) is 0 Å². The maximum absolute atomic E-state index is 9.04. The molecule has 0 aliphatic heterocycles. The molecule has 5 N–H and O–H groups in total. The van der Waals surface area contributed by atoms with E-state index >= 15 is 0 Å². The van der Waals surface area contributed by atoms with Crippen LogP contribution in [0.5, 0.6) is 0 Å². The number of carbonyl (C=O) groups excluding carboxylic acids is 1. The van der Waals surface area contributed by atoms with Gasteiger partial charge in [0.05, 0.1) is 6.04 Å². The molecule has 94 valence electrons. The zero-order valence-corrected chi connectivity index (χ0v) is 9.55. The second-order valence-electron chi connectivity index (χ2n) is 3.17. The highest BCUT2D eigenvalue weighted by molar-refractivity contribution is 6.26. The van der Waals surface area contributed by atoms with E-state index in [4.69, 9.17) is 19.8 Å². The van der Waals surface area contributed by atoms with Gasteiger partial charge in [-0.2, -0.15) is 5.43 Å². The topological polar surface area (TPSA) is 117 Å². The Kier molecular flexibility index (Phi) is 7.32. The highest BCUT2D eigenvalue weighted by Gasteiger charge is 2.05. The van der Waals surface area contributed by atoms with E-state index in [9.17, 15) is 0 Å². The van der Waals surface area contributed by atoms with Crippen molar-refractivity contribution >= 4 is 11.9 Å². The van der Waals surface area contributed by atoms with Gasteiger partial charge in [0.15, 0.2) is 5.97 Å². The fraction of sp³-hybridized carbons (Fsp3) is 0.273. The number of quaternary nitrogens is 1. The van der Waals surface area contributed by atoms with Crippen LogP contribution < -0.4 is 16.4 Å². The van der Waals surface area contributed by atoms with Gasteiger partial charge in [0, 0.05) is 0 Å². The smallest absolute Gasteiger partial charge is 0.351 e. The normalized spacial score (nSPS) is 10.9. The molecule has 0 aliphatic rings. The van der Waals surface area contributed by atoms with Crippen molar-refractivity contribution in [3.05, 3.63) is 35.9 Å². The van der Waals surface area contributed by atoms with Gasteiger partial charge in [0.25, 0.3) is 0 Å². The van der Waals surface area contributed by atoms with Crippen LogP contribution in [-0.4, -0.2) is 17.0 Å². The molecule has 0 amide bonds. The molecule has 0 fully saturated rings. The predicted molar refractivity (Wildman–Crippen MR) is 58.1 cm³/mol. The number of hydrogen-bond donors (Lipinski definition) is 3. The lowest BCUT2D eigenvalue weighted by atomic mass is 10.1. The van der Waals surface area contributed by atoms with Gasteiger partial charge in [-0.05, 0) is 12.0 Å². The Morgan fingerprint density at radius 1 is 1.41 bits per heavy atom. The van der Waals surface area contributed by atoms with Gasteiger partial charge < -0.3 is 15.0 Å². The van der Waals surface area contributed by atoms with Crippen LogP contribution in [0.4, 0.5) is 0 Å². The standard InChI is InChI=1S/C9H14N2.C2H2O4/c1-2-9(11-10)8-6-4-3-5-7-8;3-1(4)2(5)6/h3-7,9,11H,2,10H2,1H3;(H,3,4)(H,5,6). The predicted octanol–water partition coefficient (Wildman–Crippen LogP) is -1.29. The fourth-order valence-electron chi connectivity index (χ4n) is 1.18. The lowest BCUT2D eigenvalue weighted by Crippen LogP contribution is -2.65. The molecule has 1 aromatic rings. The van der Waals surface area contributed by atoms with Crippen LogP contribution in [0.25, 0.3) is 0 Å². The summed E-state index contributed by atoms with van der Waals surface area (Å²) < 4.78 is 0. The Bertz CT molecular complexity index is 338. The van der Waals surface area contributed by atoms with Crippen LogP contribution in [0.3, 0.4) is 0 Å². The van der Waals surface area contributed by atoms with E-state index in [0.29, 0.717) is 6.04 Å². The van der Waals surface area contributed by atoms with E-state index < -0.39 is 11.9 Å². The van der Waals surface area contributed by atoms with Gasteiger partial charge in [0.1, 0.15) is 0 Å². The molecule has 1 atom stereocenters. The minimum atomic E-state index is -2.07. The molecule has 0 aromatic heterocycles. The Labute approximate surface area is 99.0 Å². The molecule has 0 radical (unpaired) electrons. The lowest BCUT2D eigenvalue weighted by Gasteiger charge is -2.10. The first-order valence-electron chi connectivity index (χ1n) is 5.04. The van der Waals surface area contributed by atoms with Crippen LogP contribution >= 0.6 is 0 Å². The summed E-state index contributed by atoms with van der Waals surface area (Å²) in [7, 11) is 0. The number of rotatable bonds is 3. The average molecular weight is 240 g/mol. The van der Waals surface area contributed by atoms with Gasteiger partial charge in [-0.1, -0.05) is 37.3 Å². The summed E-state index contributed by atoms with van der Waals surface area (Å²) in [5.41, 5.74) is 4.33. The average Bonchev–Trinajstić information content (AvgIpc) is 2.32. The van der Waals surface area contributed by atoms with E-state index in [0.717, 1.165) is 6.42 Å². The summed E-state index contributed by atoms with van der Waals surface area (Å²) >= 11 is 0. The Morgan fingerprint density at radius 3 is 2.18 bits per heavy atom. The molecule has 0 bridgehead atoms. The van der Waals surface area contributed by atoms with Gasteiger partial charge >= 0.3 is 5.97 Å². The van der Waals surface area contributed by atoms with Crippen molar-refractivity contribution < 1.29 is 25.6 Å². The molecule has 1 unspecified atom stereocenters. The van der Waals surface area contributed by atoms with Gasteiger partial charge in [-0.15, -0.1) is 0 Å². The molecule has 1 aromatic carbocycles. The van der Waals surface area contributed by atoms with E-state index in [-0.39, 0.29) is 0 Å². The number of hydrogen-bond acceptors (Lipinski definition) is 4. The molecule has 1 rings (SSSR count). The van der Waals surface area contributed by atoms with E-state index in [1.165, 1.54) is 5.56 Å². The highest BCUT2D eigenvalue weighted by atomic mass is 16.4. The minimum Gasteiger partial charge on any atom is -0.539 e. The first-order valence-corrected chi connectivity index (χ1v) is 5.04. The molecule has 0 aliphatic carbocycles. The van der Waals surface area contributed by atoms with E-state index in [1.807, 2.05) is 6.07 Å². The quantitative estimate of drug-likeness (QED) is 0.448. The third kappa shape index (κ3) is 6.29. The number of benzene rings is 1. The first kappa shape index (κ1) is 15.1. The number of carboxylic acids is 2. The zero-order chi connectivity index (χ0) is 13.3. The van der Waals surface area contributed by atoms with Crippen LogP contribution in [-0.2, 0) is 9.59 Å². The van der Waals surface area contributed by atoms with Crippen molar-refractivity contribution in [2.75, 3.05) is 0 Å². The third-order valence-electron chi connectivity index (χ3n) is 2.03. The Balaban J connectivity index is 0.000000366. The van der Waals surface area contributed by atoms with Crippen molar-refractivity contribution in [2.24, 2.45) is 0 Å². The van der Waals surface area contributed by atoms with Crippen molar-refractivity contribution in [3.63, 3.8) is 0 Å². The maximum Gasteiger partial charge on any atom is 0.351 e. The summed E-state index contributed by atoms with van der Waals surface area (Å²) in [6.07, 6.45) is 1.08. The molecular weight excluding hydrogens is 224 g/mol. The number of carbonyl (C=O) groups is 2. The summed E-state index contributed by atoms with van der Waals surface area (Å²) in [4.78, 5) is 18.0. The second-order valence-corrected chi connectivity index (χ2v) is 3.17. The van der Waals surface area contributed by atoms with Crippen LogP contribution in [0.2, 0.25) is 0 Å². The largest absolute Gasteiger partial charge is 0.539 e. The van der Waals surface area contributed by atoms with Crippen LogP contribution in [0.1, 0.15) is 24.9 Å². The Morgan fingerprint density at radius 2 is 1.88 bits per heavy atom.